The Balaban J connectivity index is 1.82. The average molecular weight is 417 g/mol. The van der Waals surface area contributed by atoms with Crippen molar-refractivity contribution in [3.8, 4) is 28.9 Å². The van der Waals surface area contributed by atoms with Gasteiger partial charge in [-0.1, -0.05) is 54.6 Å². The molecule has 154 valence electrons. The summed E-state index contributed by atoms with van der Waals surface area (Å²) >= 11 is 0. The fourth-order valence-electron chi connectivity index (χ4n) is 4.02. The zero-order valence-corrected chi connectivity index (χ0v) is 17.4. The lowest BCUT2D eigenvalue weighted by atomic mass is 10.0. The molecule has 0 bridgehead atoms. The minimum absolute atomic E-state index is 0.238. The Kier molecular flexibility index (Phi) is 4.89. The van der Waals surface area contributed by atoms with Crippen molar-refractivity contribution in [2.24, 2.45) is 0 Å². The van der Waals surface area contributed by atoms with Crippen molar-refractivity contribution in [3.63, 3.8) is 0 Å². The second-order valence-corrected chi connectivity index (χ2v) is 7.35. The molecule has 0 atom stereocenters. The van der Waals surface area contributed by atoms with E-state index in [1.54, 1.807) is 12.1 Å². The zero-order valence-electron chi connectivity index (χ0n) is 17.4. The molecule has 3 aromatic carbocycles. The van der Waals surface area contributed by atoms with Gasteiger partial charge >= 0.3 is 0 Å². The largest absolute Gasteiger partial charge is 0.478 e. The molecule has 0 aliphatic heterocycles. The van der Waals surface area contributed by atoms with Crippen LogP contribution in [-0.2, 0) is 0 Å². The highest BCUT2D eigenvalue weighted by Gasteiger charge is 2.17. The van der Waals surface area contributed by atoms with Crippen LogP contribution >= 0.6 is 0 Å². The monoisotopic (exact) mass is 417 g/mol. The van der Waals surface area contributed by atoms with Gasteiger partial charge in [-0.05, 0) is 48.0 Å². The molecule has 0 aliphatic rings. The third-order valence-electron chi connectivity index (χ3n) is 5.45. The minimum atomic E-state index is -0.238. The van der Waals surface area contributed by atoms with Gasteiger partial charge in [-0.3, -0.25) is 9.36 Å². The summed E-state index contributed by atoms with van der Waals surface area (Å²) < 4.78 is 7.29. The molecule has 0 amide bonds. The smallest absolute Gasteiger partial charge is 0.264 e. The lowest BCUT2D eigenvalue weighted by Crippen LogP contribution is -2.21. The Morgan fingerprint density at radius 2 is 1.56 bits per heavy atom. The van der Waals surface area contributed by atoms with Crippen molar-refractivity contribution in [3.05, 3.63) is 101 Å². The maximum absolute atomic E-state index is 13.4. The predicted molar refractivity (Wildman–Crippen MR) is 126 cm³/mol. The van der Waals surface area contributed by atoms with Gasteiger partial charge in [-0.15, -0.1) is 0 Å². The van der Waals surface area contributed by atoms with Crippen LogP contribution in [-0.4, -0.2) is 16.2 Å². The fourth-order valence-corrected chi connectivity index (χ4v) is 4.02. The standard InChI is InChI=1S/C27H19N3O2/c1-2-32-26-21-11-5-3-10-19(21)16-24(29-26)23-13-7-8-14-25(23)30-20(17-28)15-18-9-4-6-12-22(18)27(30)31/h3-16H,2H2,1H3. The normalized spacial score (nSPS) is 10.9. The number of ether oxygens (including phenoxy) is 1. The molecule has 0 aliphatic carbocycles. The molecule has 0 N–H and O–H groups in total. The van der Waals surface area contributed by atoms with Gasteiger partial charge in [0.2, 0.25) is 5.88 Å². The van der Waals surface area contributed by atoms with Gasteiger partial charge in [0, 0.05) is 16.3 Å². The Morgan fingerprint density at radius 1 is 0.906 bits per heavy atom. The van der Waals surface area contributed by atoms with E-state index < -0.39 is 0 Å². The molecule has 0 saturated carbocycles. The van der Waals surface area contributed by atoms with Gasteiger partial charge in [0.25, 0.3) is 5.56 Å². The molecule has 5 rings (SSSR count). The van der Waals surface area contributed by atoms with E-state index in [1.807, 2.05) is 79.7 Å². The topological polar surface area (TPSA) is 67.9 Å². The van der Waals surface area contributed by atoms with Crippen molar-refractivity contribution in [1.82, 2.24) is 9.55 Å². The molecule has 5 aromatic rings. The molecule has 0 unspecified atom stereocenters. The van der Waals surface area contributed by atoms with Crippen LogP contribution in [0.15, 0.2) is 89.7 Å². The van der Waals surface area contributed by atoms with E-state index in [0.717, 1.165) is 21.7 Å². The molecular weight excluding hydrogens is 398 g/mol. The fraction of sp³-hybridized carbons (Fsp3) is 0.0741. The van der Waals surface area contributed by atoms with E-state index in [9.17, 15) is 10.1 Å². The summed E-state index contributed by atoms with van der Waals surface area (Å²) in [7, 11) is 0. The van der Waals surface area contributed by atoms with Crippen molar-refractivity contribution >= 4 is 21.5 Å². The number of rotatable bonds is 4. The van der Waals surface area contributed by atoms with Crippen molar-refractivity contribution < 1.29 is 4.74 Å². The van der Waals surface area contributed by atoms with Crippen molar-refractivity contribution in [1.29, 1.82) is 5.26 Å². The number of nitriles is 1. The molecule has 0 spiro atoms. The summed E-state index contributed by atoms with van der Waals surface area (Å²) in [6, 6.07) is 28.6. The second kappa shape index (κ2) is 8.01. The first-order chi connectivity index (χ1) is 15.7. The SMILES string of the molecule is CCOc1nc(-c2ccccc2-n2c(C#N)cc3ccccc3c2=O)cc2ccccc12. The number of aromatic nitrogens is 2. The van der Waals surface area contributed by atoms with Crippen LogP contribution in [0.5, 0.6) is 5.88 Å². The molecule has 0 fully saturated rings. The Morgan fingerprint density at radius 3 is 2.31 bits per heavy atom. The van der Waals surface area contributed by atoms with Crippen LogP contribution in [0, 0.1) is 11.3 Å². The minimum Gasteiger partial charge on any atom is -0.478 e. The van der Waals surface area contributed by atoms with E-state index in [0.29, 0.717) is 29.3 Å². The molecule has 5 nitrogen and oxygen atoms in total. The van der Waals surface area contributed by atoms with E-state index in [-0.39, 0.29) is 11.3 Å². The lowest BCUT2D eigenvalue weighted by Gasteiger charge is -2.16. The number of benzene rings is 3. The molecule has 5 heteroatoms. The zero-order chi connectivity index (χ0) is 22.1. The second-order valence-electron chi connectivity index (χ2n) is 7.35. The van der Waals surface area contributed by atoms with Gasteiger partial charge in [0.05, 0.1) is 18.0 Å². The third-order valence-corrected chi connectivity index (χ3v) is 5.45. The third kappa shape index (κ3) is 3.19. The summed E-state index contributed by atoms with van der Waals surface area (Å²) in [6.45, 7) is 2.41. The summed E-state index contributed by atoms with van der Waals surface area (Å²) in [5.74, 6) is 0.543. The van der Waals surface area contributed by atoms with Crippen LogP contribution in [0.1, 0.15) is 12.6 Å². The number of pyridine rings is 2. The maximum atomic E-state index is 13.4. The van der Waals surface area contributed by atoms with Gasteiger partial charge in [-0.25, -0.2) is 4.98 Å². The Bertz CT molecular complexity index is 1580. The van der Waals surface area contributed by atoms with E-state index in [2.05, 4.69) is 6.07 Å². The van der Waals surface area contributed by atoms with Crippen LogP contribution in [0.4, 0.5) is 0 Å². The van der Waals surface area contributed by atoms with Gasteiger partial charge in [-0.2, -0.15) is 5.26 Å². The highest BCUT2D eigenvalue weighted by molar-refractivity contribution is 5.91. The van der Waals surface area contributed by atoms with Crippen LogP contribution in [0.2, 0.25) is 0 Å². The highest BCUT2D eigenvalue weighted by Crippen LogP contribution is 2.32. The molecule has 2 aromatic heterocycles. The predicted octanol–water partition coefficient (Wildman–Crippen LogP) is 5.48. The van der Waals surface area contributed by atoms with E-state index >= 15 is 0 Å². The van der Waals surface area contributed by atoms with Crippen LogP contribution < -0.4 is 10.3 Å². The number of fused-ring (bicyclic) bond motifs is 2. The maximum Gasteiger partial charge on any atom is 0.264 e. The molecule has 2 heterocycles. The molecule has 32 heavy (non-hydrogen) atoms. The number of para-hydroxylation sites is 1. The van der Waals surface area contributed by atoms with Gasteiger partial charge in [0.15, 0.2) is 0 Å². The number of nitrogens with zero attached hydrogens (tertiary/aromatic N) is 3. The first-order valence-corrected chi connectivity index (χ1v) is 10.4. The van der Waals surface area contributed by atoms with Crippen molar-refractivity contribution in [2.45, 2.75) is 6.92 Å². The Labute approximate surface area is 184 Å². The molecular formula is C27H19N3O2. The van der Waals surface area contributed by atoms with Crippen LogP contribution in [0.3, 0.4) is 0 Å². The summed E-state index contributed by atoms with van der Waals surface area (Å²) in [4.78, 5) is 18.2. The van der Waals surface area contributed by atoms with Crippen LogP contribution in [0.25, 0.3) is 38.5 Å². The molecule has 0 radical (unpaired) electrons. The first-order valence-electron chi connectivity index (χ1n) is 10.4. The number of hydrogen-bond acceptors (Lipinski definition) is 4. The highest BCUT2D eigenvalue weighted by atomic mass is 16.5. The average Bonchev–Trinajstić information content (AvgIpc) is 2.84. The van der Waals surface area contributed by atoms with Gasteiger partial charge in [0.1, 0.15) is 11.8 Å². The summed E-state index contributed by atoms with van der Waals surface area (Å²) in [6.07, 6.45) is 0. The van der Waals surface area contributed by atoms with Gasteiger partial charge < -0.3 is 4.74 Å². The number of hydrogen-bond donors (Lipinski definition) is 0. The summed E-state index contributed by atoms with van der Waals surface area (Å²) in [5, 5.41) is 13.0. The molecule has 0 saturated heterocycles. The van der Waals surface area contributed by atoms with Crippen molar-refractivity contribution in [2.75, 3.05) is 6.61 Å². The summed E-state index contributed by atoms with van der Waals surface area (Å²) in [5.41, 5.74) is 2.05. The first kappa shape index (κ1) is 19.5. The quantitative estimate of drug-likeness (QED) is 0.388. The van der Waals surface area contributed by atoms with E-state index in [4.69, 9.17) is 9.72 Å². The lowest BCUT2D eigenvalue weighted by molar-refractivity contribution is 0.332. The Hall–Kier alpha value is -4.43. The van der Waals surface area contributed by atoms with E-state index in [1.165, 1.54) is 4.57 Å².